The highest BCUT2D eigenvalue weighted by molar-refractivity contribution is 5.79. The van der Waals surface area contributed by atoms with Crippen molar-refractivity contribution in [1.29, 1.82) is 0 Å². The Morgan fingerprint density at radius 3 is 2.58 bits per heavy atom. The summed E-state index contributed by atoms with van der Waals surface area (Å²) in [6.07, 6.45) is 1.31. The van der Waals surface area contributed by atoms with Crippen LogP contribution in [0.5, 0.6) is 0 Å². The molecule has 4 rings (SSSR count). The third-order valence-electron chi connectivity index (χ3n) is 5.36. The average Bonchev–Trinajstić information content (AvgIpc) is 2.80. The zero-order chi connectivity index (χ0) is 23.4. The molecule has 1 N–H and O–H groups in total. The van der Waals surface area contributed by atoms with Crippen LogP contribution in [0.1, 0.15) is 11.1 Å². The van der Waals surface area contributed by atoms with E-state index in [9.17, 15) is 14.0 Å². The second-order valence-electron chi connectivity index (χ2n) is 8.21. The van der Waals surface area contributed by atoms with Crippen LogP contribution in [0.2, 0.25) is 0 Å². The van der Waals surface area contributed by atoms with Crippen LogP contribution in [-0.2, 0) is 24.4 Å². The van der Waals surface area contributed by atoms with E-state index in [-0.39, 0.29) is 17.8 Å². The van der Waals surface area contributed by atoms with E-state index in [4.69, 9.17) is 0 Å². The van der Waals surface area contributed by atoms with Crippen molar-refractivity contribution < 1.29 is 9.18 Å². The first kappa shape index (κ1) is 22.4. The number of hydrogen-bond donors (Lipinski definition) is 1. The van der Waals surface area contributed by atoms with Crippen molar-refractivity contribution in [2.45, 2.75) is 19.6 Å². The van der Waals surface area contributed by atoms with Crippen LogP contribution < -0.4 is 10.9 Å². The van der Waals surface area contributed by atoms with Crippen molar-refractivity contribution in [2.24, 2.45) is 0 Å². The fourth-order valence-corrected chi connectivity index (χ4v) is 3.76. The second-order valence-corrected chi connectivity index (χ2v) is 8.21. The molecule has 0 aliphatic rings. The summed E-state index contributed by atoms with van der Waals surface area (Å²) in [6, 6.07) is 20.1. The van der Waals surface area contributed by atoms with Gasteiger partial charge in [0.05, 0.1) is 17.2 Å². The fraction of sp³-hybridized carbons (Fsp3) is 0.192. The van der Waals surface area contributed by atoms with E-state index in [0.717, 1.165) is 29.3 Å². The Morgan fingerprint density at radius 2 is 1.82 bits per heavy atom. The molecular weight excluding hydrogens is 419 g/mol. The molecule has 33 heavy (non-hydrogen) atoms. The highest BCUT2D eigenvalue weighted by Crippen LogP contribution is 2.24. The predicted octanol–water partition coefficient (Wildman–Crippen LogP) is 3.58. The van der Waals surface area contributed by atoms with Gasteiger partial charge in [0.2, 0.25) is 5.91 Å². The van der Waals surface area contributed by atoms with E-state index in [1.54, 1.807) is 0 Å². The summed E-state index contributed by atoms with van der Waals surface area (Å²) in [7, 11) is 4.07. The van der Waals surface area contributed by atoms with E-state index in [2.05, 4.69) is 39.5 Å². The number of aromatic nitrogens is 2. The first-order chi connectivity index (χ1) is 15.9. The summed E-state index contributed by atoms with van der Waals surface area (Å²) >= 11 is 0. The van der Waals surface area contributed by atoms with Crippen molar-refractivity contribution in [2.75, 3.05) is 14.1 Å². The van der Waals surface area contributed by atoms with Crippen molar-refractivity contribution >= 4 is 16.8 Å². The lowest BCUT2D eigenvalue weighted by Gasteiger charge is -2.13. The molecule has 3 aromatic carbocycles. The highest BCUT2D eigenvalue weighted by Gasteiger charge is 2.11. The maximum atomic E-state index is 13.5. The van der Waals surface area contributed by atoms with Crippen LogP contribution in [0, 0.1) is 5.82 Å². The van der Waals surface area contributed by atoms with Crippen molar-refractivity contribution in [3.8, 4) is 11.1 Å². The number of benzene rings is 3. The van der Waals surface area contributed by atoms with Gasteiger partial charge in [-0.3, -0.25) is 14.2 Å². The zero-order valence-electron chi connectivity index (χ0n) is 18.6. The SMILES string of the molecule is CN(C)Cc1ccc(-c2ccccc2CNC(=O)Cn2cnc3ccc(F)cc3c2=O)cc1. The van der Waals surface area contributed by atoms with Crippen LogP contribution in [0.25, 0.3) is 22.0 Å². The van der Waals surface area contributed by atoms with Gasteiger partial charge in [-0.15, -0.1) is 0 Å². The minimum absolute atomic E-state index is 0.147. The normalized spacial score (nSPS) is 11.2. The van der Waals surface area contributed by atoms with E-state index in [1.807, 2.05) is 38.4 Å². The molecule has 0 saturated carbocycles. The Bertz CT molecular complexity index is 1350. The number of rotatable bonds is 7. The third-order valence-corrected chi connectivity index (χ3v) is 5.36. The summed E-state index contributed by atoms with van der Waals surface area (Å²) in [5, 5.41) is 3.02. The fourth-order valence-electron chi connectivity index (χ4n) is 3.76. The topological polar surface area (TPSA) is 67.2 Å². The van der Waals surface area contributed by atoms with Gasteiger partial charge in [-0.1, -0.05) is 48.5 Å². The quantitative estimate of drug-likeness (QED) is 0.473. The van der Waals surface area contributed by atoms with Gasteiger partial charge >= 0.3 is 0 Å². The zero-order valence-corrected chi connectivity index (χ0v) is 18.6. The number of hydrogen-bond acceptors (Lipinski definition) is 4. The van der Waals surface area contributed by atoms with Gasteiger partial charge < -0.3 is 10.2 Å². The maximum Gasteiger partial charge on any atom is 0.261 e. The number of nitrogens with zero attached hydrogens (tertiary/aromatic N) is 3. The van der Waals surface area contributed by atoms with Gasteiger partial charge in [0.25, 0.3) is 5.56 Å². The number of fused-ring (bicyclic) bond motifs is 1. The Kier molecular flexibility index (Phi) is 6.60. The standard InChI is InChI=1S/C26H25FN4O2/c1-30(2)15-18-7-9-19(10-8-18)22-6-4-3-5-20(22)14-28-25(32)16-31-17-29-24-12-11-21(27)13-23(24)26(31)33/h3-13,17H,14-16H2,1-2H3,(H,28,32). The van der Waals surface area contributed by atoms with Crippen LogP contribution in [0.4, 0.5) is 4.39 Å². The molecule has 0 unspecified atom stereocenters. The molecule has 0 saturated heterocycles. The molecule has 168 valence electrons. The molecule has 1 amide bonds. The van der Waals surface area contributed by atoms with E-state index in [0.29, 0.717) is 12.1 Å². The molecule has 1 heterocycles. The minimum Gasteiger partial charge on any atom is -0.350 e. The molecule has 0 fully saturated rings. The largest absolute Gasteiger partial charge is 0.350 e. The summed E-state index contributed by atoms with van der Waals surface area (Å²) in [5.74, 6) is -0.847. The van der Waals surface area contributed by atoms with Crippen LogP contribution >= 0.6 is 0 Å². The lowest BCUT2D eigenvalue weighted by atomic mass is 9.98. The smallest absolute Gasteiger partial charge is 0.261 e. The van der Waals surface area contributed by atoms with E-state index in [1.165, 1.54) is 28.6 Å². The van der Waals surface area contributed by atoms with E-state index >= 15 is 0 Å². The molecule has 0 atom stereocenters. The Labute approximate surface area is 191 Å². The highest BCUT2D eigenvalue weighted by atomic mass is 19.1. The van der Waals surface area contributed by atoms with Crippen molar-refractivity contribution in [1.82, 2.24) is 19.8 Å². The third kappa shape index (κ3) is 5.32. The van der Waals surface area contributed by atoms with Crippen LogP contribution in [0.3, 0.4) is 0 Å². The first-order valence-electron chi connectivity index (χ1n) is 10.6. The molecule has 7 heteroatoms. The number of halogens is 1. The van der Waals surface area contributed by atoms with Gasteiger partial charge in [0.1, 0.15) is 12.4 Å². The number of nitrogens with one attached hydrogen (secondary N) is 1. The van der Waals surface area contributed by atoms with Crippen molar-refractivity contribution in [3.05, 3.63) is 100 Å². The molecular formula is C26H25FN4O2. The summed E-state index contributed by atoms with van der Waals surface area (Å²) in [6.45, 7) is 0.992. The summed E-state index contributed by atoms with van der Waals surface area (Å²) in [4.78, 5) is 31.4. The minimum atomic E-state index is -0.519. The molecule has 0 aliphatic heterocycles. The molecule has 0 spiro atoms. The van der Waals surface area contributed by atoms with Crippen LogP contribution in [0.15, 0.2) is 77.9 Å². The molecule has 0 bridgehead atoms. The van der Waals surface area contributed by atoms with Gasteiger partial charge in [-0.2, -0.15) is 0 Å². The molecule has 0 aliphatic carbocycles. The Morgan fingerprint density at radius 1 is 1.06 bits per heavy atom. The summed E-state index contributed by atoms with van der Waals surface area (Å²) in [5.41, 5.74) is 4.24. The maximum absolute atomic E-state index is 13.5. The lowest BCUT2D eigenvalue weighted by Crippen LogP contribution is -2.32. The van der Waals surface area contributed by atoms with Gasteiger partial charge in [-0.05, 0) is 54.5 Å². The monoisotopic (exact) mass is 444 g/mol. The molecule has 0 radical (unpaired) electrons. The van der Waals surface area contributed by atoms with Crippen molar-refractivity contribution in [3.63, 3.8) is 0 Å². The lowest BCUT2D eigenvalue weighted by molar-refractivity contribution is -0.121. The average molecular weight is 445 g/mol. The summed E-state index contributed by atoms with van der Waals surface area (Å²) < 4.78 is 14.7. The Balaban J connectivity index is 1.47. The second kappa shape index (κ2) is 9.75. The Hall–Kier alpha value is -3.84. The molecule has 1 aromatic heterocycles. The predicted molar refractivity (Wildman–Crippen MR) is 127 cm³/mol. The number of carbonyl (C=O) groups is 1. The van der Waals surface area contributed by atoms with Crippen LogP contribution in [-0.4, -0.2) is 34.5 Å². The van der Waals surface area contributed by atoms with Gasteiger partial charge in [-0.25, -0.2) is 9.37 Å². The number of amides is 1. The molecule has 6 nitrogen and oxygen atoms in total. The number of carbonyl (C=O) groups excluding carboxylic acids is 1. The molecule has 4 aromatic rings. The van der Waals surface area contributed by atoms with Gasteiger partial charge in [0, 0.05) is 13.1 Å². The first-order valence-corrected chi connectivity index (χ1v) is 10.6. The van der Waals surface area contributed by atoms with E-state index < -0.39 is 11.4 Å². The van der Waals surface area contributed by atoms with Gasteiger partial charge in [0.15, 0.2) is 0 Å².